The molecular formula is C17H18N6OS. The summed E-state index contributed by atoms with van der Waals surface area (Å²) >= 11 is 5.43. The molecule has 1 saturated heterocycles. The molecule has 1 fully saturated rings. The number of nitrogens with zero attached hydrogens (tertiary/aromatic N) is 3. The van der Waals surface area contributed by atoms with E-state index < -0.39 is 0 Å². The van der Waals surface area contributed by atoms with Crippen molar-refractivity contribution in [2.75, 3.05) is 41.8 Å². The first-order chi connectivity index (χ1) is 12.3. The van der Waals surface area contributed by atoms with Crippen LogP contribution in [0.2, 0.25) is 0 Å². The molecular weight excluding hydrogens is 336 g/mol. The topological polar surface area (TPSA) is 78.1 Å². The van der Waals surface area contributed by atoms with Crippen molar-refractivity contribution in [1.82, 2.24) is 15.0 Å². The van der Waals surface area contributed by atoms with E-state index in [1.807, 2.05) is 18.3 Å². The van der Waals surface area contributed by atoms with Gasteiger partial charge >= 0.3 is 0 Å². The van der Waals surface area contributed by atoms with Crippen LogP contribution in [0.4, 0.5) is 17.1 Å². The standard InChI is InChI=1S/C17H18N6OS/c25-17(21-12-2-1-4-18-10-12)22-13-11-20-16-15(13)14(3-5-19-16)23-6-8-24-9-7-23/h1-5,10-11H,6-9H2,(H,19,20)(H2,21,22,25). The van der Waals surface area contributed by atoms with Gasteiger partial charge in [-0.1, -0.05) is 0 Å². The fourth-order valence-corrected chi connectivity index (χ4v) is 3.15. The van der Waals surface area contributed by atoms with Crippen molar-refractivity contribution in [3.8, 4) is 11.4 Å². The Morgan fingerprint density at radius 2 is 2.08 bits per heavy atom. The molecule has 0 saturated carbocycles. The van der Waals surface area contributed by atoms with Gasteiger partial charge in [0.25, 0.3) is 0 Å². The van der Waals surface area contributed by atoms with E-state index in [-0.39, 0.29) is 0 Å². The molecule has 1 aromatic rings. The summed E-state index contributed by atoms with van der Waals surface area (Å²) in [5.41, 5.74) is 3.86. The van der Waals surface area contributed by atoms with Crippen LogP contribution in [0.3, 0.4) is 0 Å². The number of aromatic nitrogens is 3. The molecule has 0 unspecified atom stereocenters. The summed E-state index contributed by atoms with van der Waals surface area (Å²) in [4.78, 5) is 14.0. The average molecular weight is 354 g/mol. The normalized spacial score (nSPS) is 14.5. The van der Waals surface area contributed by atoms with Gasteiger partial charge in [0.05, 0.1) is 48.2 Å². The lowest BCUT2D eigenvalue weighted by atomic mass is 10.1. The Morgan fingerprint density at radius 3 is 2.88 bits per heavy atom. The quantitative estimate of drug-likeness (QED) is 0.624. The molecule has 3 N–H and O–H groups in total. The van der Waals surface area contributed by atoms with Crippen LogP contribution in [0, 0.1) is 0 Å². The van der Waals surface area contributed by atoms with Crippen LogP contribution in [0.1, 0.15) is 0 Å². The second-order valence-corrected chi connectivity index (χ2v) is 6.09. The maximum absolute atomic E-state index is 5.46. The zero-order chi connectivity index (χ0) is 17.1. The van der Waals surface area contributed by atoms with Crippen LogP contribution in [0.5, 0.6) is 0 Å². The van der Waals surface area contributed by atoms with Crippen LogP contribution in [0.25, 0.3) is 11.4 Å². The number of fused-ring (bicyclic) bond motifs is 1. The molecule has 0 radical (unpaired) electrons. The molecule has 8 heteroatoms. The lowest BCUT2D eigenvalue weighted by Crippen LogP contribution is -2.36. The van der Waals surface area contributed by atoms with E-state index in [2.05, 4.69) is 36.6 Å². The third-order valence-corrected chi connectivity index (χ3v) is 4.27. The number of ether oxygens (including phenoxy) is 1. The van der Waals surface area contributed by atoms with E-state index in [4.69, 9.17) is 17.0 Å². The molecule has 0 spiro atoms. The van der Waals surface area contributed by atoms with Crippen molar-refractivity contribution < 1.29 is 4.74 Å². The van der Waals surface area contributed by atoms with E-state index in [0.717, 1.165) is 54.8 Å². The molecule has 0 atom stereocenters. The number of hydrogen-bond acceptors (Lipinski definition) is 5. The molecule has 0 aliphatic carbocycles. The van der Waals surface area contributed by atoms with E-state index in [1.165, 1.54) is 0 Å². The number of anilines is 3. The highest BCUT2D eigenvalue weighted by Gasteiger charge is 2.22. The number of nitrogens with one attached hydrogen (secondary N) is 3. The van der Waals surface area contributed by atoms with E-state index >= 15 is 0 Å². The smallest absolute Gasteiger partial charge is 0.175 e. The first kappa shape index (κ1) is 15.8. The van der Waals surface area contributed by atoms with Gasteiger partial charge in [0.1, 0.15) is 5.82 Å². The van der Waals surface area contributed by atoms with Gasteiger partial charge in [0, 0.05) is 25.5 Å². The lowest BCUT2D eigenvalue weighted by Gasteiger charge is -2.30. The minimum absolute atomic E-state index is 0.499. The van der Waals surface area contributed by atoms with E-state index in [0.29, 0.717) is 5.11 Å². The first-order valence-corrected chi connectivity index (χ1v) is 8.49. The Balaban J connectivity index is 1.58. The largest absolute Gasteiger partial charge is 0.378 e. The maximum atomic E-state index is 5.46. The van der Waals surface area contributed by atoms with Crippen molar-refractivity contribution in [2.45, 2.75) is 0 Å². The summed E-state index contributed by atoms with van der Waals surface area (Å²) in [7, 11) is 0. The number of H-pyrrole nitrogens is 1. The average Bonchev–Trinajstić information content (AvgIpc) is 3.06. The Bertz CT molecular complexity index is 830. The summed E-state index contributed by atoms with van der Waals surface area (Å²) in [5.74, 6) is 0.829. The fraction of sp³-hybridized carbons (Fsp3) is 0.235. The van der Waals surface area contributed by atoms with E-state index in [9.17, 15) is 0 Å². The predicted molar refractivity (Wildman–Crippen MR) is 102 cm³/mol. The van der Waals surface area contributed by atoms with Gasteiger partial charge in [0.15, 0.2) is 5.11 Å². The minimum atomic E-state index is 0.499. The molecule has 0 aromatic carbocycles. The summed E-state index contributed by atoms with van der Waals surface area (Å²) in [6, 6.07) is 5.84. The van der Waals surface area contributed by atoms with Gasteiger partial charge in [-0.2, -0.15) is 0 Å². The molecule has 4 heterocycles. The number of pyridine rings is 2. The summed E-state index contributed by atoms with van der Waals surface area (Å²) in [6.45, 7) is 3.19. The first-order valence-electron chi connectivity index (χ1n) is 8.08. The summed E-state index contributed by atoms with van der Waals surface area (Å²) in [6.07, 6.45) is 7.15. The van der Waals surface area contributed by atoms with Crippen molar-refractivity contribution in [3.05, 3.63) is 43.0 Å². The monoisotopic (exact) mass is 354 g/mol. The number of aromatic amines is 1. The van der Waals surface area contributed by atoms with Gasteiger partial charge in [-0.15, -0.1) is 0 Å². The molecule has 0 bridgehead atoms. The van der Waals surface area contributed by atoms with Crippen LogP contribution in [-0.2, 0) is 4.74 Å². The fourth-order valence-electron chi connectivity index (χ4n) is 2.92. The number of morpholine rings is 1. The number of hydrogen-bond donors (Lipinski definition) is 3. The van der Waals surface area contributed by atoms with Crippen LogP contribution < -0.4 is 15.5 Å². The van der Waals surface area contributed by atoms with Gasteiger partial charge < -0.3 is 25.3 Å². The van der Waals surface area contributed by atoms with Crippen molar-refractivity contribution >= 4 is 34.4 Å². The van der Waals surface area contributed by atoms with E-state index in [1.54, 1.807) is 18.6 Å². The Morgan fingerprint density at radius 1 is 1.20 bits per heavy atom. The summed E-state index contributed by atoms with van der Waals surface area (Å²) in [5, 5.41) is 6.87. The highest BCUT2D eigenvalue weighted by molar-refractivity contribution is 7.80. The van der Waals surface area contributed by atoms with Crippen LogP contribution in [-0.4, -0.2) is 46.4 Å². The lowest BCUT2D eigenvalue weighted by molar-refractivity contribution is 0.123. The Labute approximate surface area is 150 Å². The second-order valence-electron chi connectivity index (χ2n) is 5.68. The van der Waals surface area contributed by atoms with Crippen molar-refractivity contribution in [2.24, 2.45) is 0 Å². The molecule has 3 aliphatic rings. The molecule has 25 heavy (non-hydrogen) atoms. The molecule has 1 aromatic heterocycles. The third kappa shape index (κ3) is 3.40. The van der Waals surface area contributed by atoms with Crippen LogP contribution in [0.15, 0.2) is 43.0 Å². The minimum Gasteiger partial charge on any atom is -0.378 e. The van der Waals surface area contributed by atoms with Gasteiger partial charge in [-0.05, 0) is 30.4 Å². The number of thiocarbonyl (C=S) groups is 1. The zero-order valence-corrected chi connectivity index (χ0v) is 14.3. The molecule has 0 amide bonds. The Hall–Kier alpha value is -2.71. The highest BCUT2D eigenvalue weighted by atomic mass is 32.1. The molecule has 4 rings (SSSR count). The number of rotatable bonds is 3. The SMILES string of the molecule is S=C(Nc1cccnc1)Nc1cnc2[nH]ccc(N3CCOCC3)c1-2. The highest BCUT2D eigenvalue weighted by Crippen LogP contribution is 2.37. The second kappa shape index (κ2) is 7.04. The third-order valence-electron chi connectivity index (χ3n) is 4.07. The molecule has 128 valence electrons. The van der Waals surface area contributed by atoms with Gasteiger partial charge in [-0.25, -0.2) is 4.98 Å². The van der Waals surface area contributed by atoms with Crippen molar-refractivity contribution in [3.63, 3.8) is 0 Å². The van der Waals surface area contributed by atoms with Gasteiger partial charge in [-0.3, -0.25) is 4.98 Å². The predicted octanol–water partition coefficient (Wildman–Crippen LogP) is 2.56. The maximum Gasteiger partial charge on any atom is 0.175 e. The summed E-state index contributed by atoms with van der Waals surface area (Å²) < 4.78 is 5.46. The van der Waals surface area contributed by atoms with Crippen LogP contribution >= 0.6 is 12.2 Å². The van der Waals surface area contributed by atoms with Crippen molar-refractivity contribution in [1.29, 1.82) is 0 Å². The zero-order valence-electron chi connectivity index (χ0n) is 13.5. The molecule has 3 aliphatic heterocycles. The Kier molecular flexibility index (Phi) is 4.45. The van der Waals surface area contributed by atoms with Gasteiger partial charge in [0.2, 0.25) is 0 Å². The molecule has 7 nitrogen and oxygen atoms in total.